The Morgan fingerprint density at radius 1 is 1.12 bits per heavy atom. The molecule has 1 heterocycles. The molecule has 3 heteroatoms. The minimum absolute atomic E-state index is 0.808. The van der Waals surface area contributed by atoms with Crippen LogP contribution in [-0.2, 0) is 0 Å². The Morgan fingerprint density at radius 3 is 2.29 bits per heavy atom. The van der Waals surface area contributed by atoms with Crippen molar-refractivity contribution in [3.05, 3.63) is 0 Å². The number of piperazine rings is 1. The minimum atomic E-state index is 0.808. The summed E-state index contributed by atoms with van der Waals surface area (Å²) in [5.74, 6) is 1.72. The van der Waals surface area contributed by atoms with Crippen molar-refractivity contribution in [3.8, 4) is 0 Å². The normalized spacial score (nSPS) is 31.8. The van der Waals surface area contributed by atoms with Crippen molar-refractivity contribution in [1.29, 1.82) is 0 Å². The highest BCUT2D eigenvalue weighted by Gasteiger charge is 2.35. The Balaban J connectivity index is 1.71. The van der Waals surface area contributed by atoms with E-state index in [0.717, 1.165) is 17.9 Å². The second-order valence-corrected chi connectivity index (χ2v) is 6.19. The molecule has 2 unspecified atom stereocenters. The van der Waals surface area contributed by atoms with Crippen molar-refractivity contribution in [2.45, 2.75) is 32.7 Å². The van der Waals surface area contributed by atoms with E-state index in [9.17, 15) is 0 Å². The Morgan fingerprint density at radius 2 is 1.82 bits per heavy atom. The van der Waals surface area contributed by atoms with Crippen LogP contribution in [0.1, 0.15) is 26.7 Å². The van der Waals surface area contributed by atoms with Gasteiger partial charge < -0.3 is 10.2 Å². The lowest BCUT2D eigenvalue weighted by atomic mass is 9.78. The van der Waals surface area contributed by atoms with Gasteiger partial charge in [0.15, 0.2) is 0 Å². The molecule has 0 aromatic heterocycles. The van der Waals surface area contributed by atoms with Gasteiger partial charge in [-0.15, -0.1) is 0 Å². The molecule has 2 aliphatic rings. The maximum absolute atomic E-state index is 3.34. The van der Waals surface area contributed by atoms with Crippen molar-refractivity contribution in [2.75, 3.05) is 46.3 Å². The van der Waals surface area contributed by atoms with Crippen molar-refractivity contribution >= 4 is 0 Å². The number of hydrogen-bond donors (Lipinski definition) is 1. The van der Waals surface area contributed by atoms with Crippen molar-refractivity contribution in [2.24, 2.45) is 11.8 Å². The summed E-state index contributed by atoms with van der Waals surface area (Å²) in [7, 11) is 2.08. The summed E-state index contributed by atoms with van der Waals surface area (Å²) < 4.78 is 0. The highest BCUT2D eigenvalue weighted by molar-refractivity contribution is 4.91. The molecule has 0 aromatic carbocycles. The Hall–Kier alpha value is -0.120. The average Bonchev–Trinajstić information content (AvgIpc) is 2.26. The van der Waals surface area contributed by atoms with Gasteiger partial charge in [-0.25, -0.2) is 0 Å². The quantitative estimate of drug-likeness (QED) is 0.779. The van der Waals surface area contributed by atoms with E-state index in [1.807, 2.05) is 0 Å². The molecule has 1 aliphatic heterocycles. The van der Waals surface area contributed by atoms with Crippen LogP contribution in [0.25, 0.3) is 0 Å². The van der Waals surface area contributed by atoms with Crippen LogP contribution >= 0.6 is 0 Å². The molecule has 2 fully saturated rings. The predicted molar refractivity (Wildman–Crippen MR) is 73.3 cm³/mol. The Bertz CT molecular complexity index is 222. The number of rotatable bonds is 5. The van der Waals surface area contributed by atoms with E-state index in [2.05, 4.69) is 36.0 Å². The van der Waals surface area contributed by atoms with E-state index in [1.54, 1.807) is 0 Å². The summed E-state index contributed by atoms with van der Waals surface area (Å²) in [5, 5.41) is 3.34. The summed E-state index contributed by atoms with van der Waals surface area (Å²) in [6.07, 6.45) is 2.86. The molecular formula is C14H29N3. The summed E-state index contributed by atoms with van der Waals surface area (Å²) >= 11 is 0. The van der Waals surface area contributed by atoms with Gasteiger partial charge >= 0.3 is 0 Å². The fourth-order valence-electron chi connectivity index (χ4n) is 3.33. The van der Waals surface area contributed by atoms with Crippen molar-refractivity contribution < 1.29 is 0 Å². The van der Waals surface area contributed by atoms with Gasteiger partial charge in [0.1, 0.15) is 0 Å². The summed E-state index contributed by atoms with van der Waals surface area (Å²) in [6, 6.07) is 0.878. The zero-order valence-corrected chi connectivity index (χ0v) is 11.8. The van der Waals surface area contributed by atoms with Crippen LogP contribution in [0, 0.1) is 11.8 Å². The van der Waals surface area contributed by atoms with Gasteiger partial charge in [-0.05, 0) is 38.3 Å². The van der Waals surface area contributed by atoms with Crippen LogP contribution in [0.3, 0.4) is 0 Å². The average molecular weight is 239 g/mol. The van der Waals surface area contributed by atoms with E-state index >= 15 is 0 Å². The molecule has 0 spiro atoms. The first-order valence-electron chi connectivity index (χ1n) is 7.31. The third-order valence-electron chi connectivity index (χ3n) is 4.34. The van der Waals surface area contributed by atoms with Gasteiger partial charge in [0.05, 0.1) is 0 Å². The van der Waals surface area contributed by atoms with E-state index in [-0.39, 0.29) is 0 Å². The third-order valence-corrected chi connectivity index (χ3v) is 4.34. The molecule has 0 amide bonds. The van der Waals surface area contributed by atoms with E-state index < -0.39 is 0 Å². The maximum Gasteiger partial charge on any atom is 0.0137 e. The predicted octanol–water partition coefficient (Wildman–Crippen LogP) is 1.26. The first-order chi connectivity index (χ1) is 8.20. The largest absolute Gasteiger partial charge is 0.319 e. The first kappa shape index (κ1) is 13.3. The molecule has 3 nitrogen and oxygen atoms in total. The third kappa shape index (κ3) is 3.43. The molecular weight excluding hydrogens is 210 g/mol. The smallest absolute Gasteiger partial charge is 0.0137 e. The topological polar surface area (TPSA) is 18.5 Å². The fraction of sp³-hybridized carbons (Fsp3) is 1.00. The number of hydrogen-bond acceptors (Lipinski definition) is 3. The molecule has 100 valence electrons. The zero-order chi connectivity index (χ0) is 12.3. The van der Waals surface area contributed by atoms with Crippen molar-refractivity contribution in [3.63, 3.8) is 0 Å². The lowest BCUT2D eigenvalue weighted by Crippen LogP contribution is -2.57. The van der Waals surface area contributed by atoms with Gasteiger partial charge in [-0.3, -0.25) is 4.90 Å². The lowest BCUT2D eigenvalue weighted by Gasteiger charge is -2.48. The number of nitrogens with one attached hydrogen (secondary N) is 1. The maximum atomic E-state index is 3.34. The molecule has 0 aromatic rings. The lowest BCUT2D eigenvalue weighted by molar-refractivity contribution is 0.0191. The SMILES string of the molecule is CNCC1CCC1N1CCN(CC(C)C)CC1. The van der Waals surface area contributed by atoms with Gasteiger partial charge in [-0.2, -0.15) is 0 Å². The van der Waals surface area contributed by atoms with E-state index in [1.165, 1.54) is 52.1 Å². The van der Waals surface area contributed by atoms with Crippen LogP contribution in [0.4, 0.5) is 0 Å². The fourth-order valence-corrected chi connectivity index (χ4v) is 3.33. The number of nitrogens with zero attached hydrogens (tertiary/aromatic N) is 2. The molecule has 1 aliphatic carbocycles. The van der Waals surface area contributed by atoms with Crippen molar-refractivity contribution in [1.82, 2.24) is 15.1 Å². The van der Waals surface area contributed by atoms with Crippen LogP contribution in [0.2, 0.25) is 0 Å². The van der Waals surface area contributed by atoms with Gasteiger partial charge in [0.2, 0.25) is 0 Å². The molecule has 0 bridgehead atoms. The van der Waals surface area contributed by atoms with Gasteiger partial charge in [0, 0.05) is 38.8 Å². The van der Waals surface area contributed by atoms with Crippen LogP contribution in [0.15, 0.2) is 0 Å². The van der Waals surface area contributed by atoms with Crippen LogP contribution < -0.4 is 5.32 Å². The molecule has 1 saturated heterocycles. The van der Waals surface area contributed by atoms with Gasteiger partial charge in [-0.1, -0.05) is 13.8 Å². The second kappa shape index (κ2) is 6.17. The standard InChI is InChI=1S/C14H29N3/c1-12(2)11-16-6-8-17(9-7-16)14-5-4-13(14)10-15-3/h12-15H,4-11H2,1-3H3. The molecule has 1 N–H and O–H groups in total. The molecule has 2 atom stereocenters. The van der Waals surface area contributed by atoms with E-state index in [0.29, 0.717) is 0 Å². The van der Waals surface area contributed by atoms with Gasteiger partial charge in [0.25, 0.3) is 0 Å². The summed E-state index contributed by atoms with van der Waals surface area (Å²) in [5.41, 5.74) is 0. The molecule has 17 heavy (non-hydrogen) atoms. The highest BCUT2D eigenvalue weighted by Crippen LogP contribution is 2.32. The Labute approximate surface area is 107 Å². The Kier molecular flexibility index (Phi) is 4.83. The minimum Gasteiger partial charge on any atom is -0.319 e. The molecule has 0 radical (unpaired) electrons. The van der Waals surface area contributed by atoms with Crippen LogP contribution in [-0.4, -0.2) is 62.2 Å². The second-order valence-electron chi connectivity index (χ2n) is 6.19. The molecule has 1 saturated carbocycles. The van der Waals surface area contributed by atoms with Crippen LogP contribution in [0.5, 0.6) is 0 Å². The summed E-state index contributed by atoms with van der Waals surface area (Å²) in [6.45, 7) is 12.3. The van der Waals surface area contributed by atoms with E-state index in [4.69, 9.17) is 0 Å². The molecule has 2 rings (SSSR count). The monoisotopic (exact) mass is 239 g/mol. The summed E-state index contributed by atoms with van der Waals surface area (Å²) in [4.78, 5) is 5.37. The zero-order valence-electron chi connectivity index (χ0n) is 11.8. The highest BCUT2D eigenvalue weighted by atomic mass is 15.3. The first-order valence-corrected chi connectivity index (χ1v) is 7.31.